The highest BCUT2D eigenvalue weighted by Gasteiger charge is 2.34. The van der Waals surface area contributed by atoms with Crippen molar-refractivity contribution in [2.24, 2.45) is 0 Å². The topological polar surface area (TPSA) is 20.3 Å². The van der Waals surface area contributed by atoms with Crippen molar-refractivity contribution in [1.29, 1.82) is 0 Å². The van der Waals surface area contributed by atoms with Gasteiger partial charge in [0.05, 0.1) is 15.6 Å². The maximum absolute atomic E-state index is 12.7. The fraction of sp³-hybridized carbons (Fsp3) is 0. The number of hydrogen-bond acceptors (Lipinski definition) is 3. The first-order valence-electron chi connectivity index (χ1n) is 6.45. The van der Waals surface area contributed by atoms with Gasteiger partial charge in [0.25, 0.3) is 5.91 Å². The first-order valence-corrected chi connectivity index (χ1v) is 8.81. The highest BCUT2D eigenvalue weighted by molar-refractivity contribution is 8.27. The lowest BCUT2D eigenvalue weighted by Gasteiger charge is -2.16. The molecule has 2 nitrogen and oxygen atoms in total. The maximum Gasteiger partial charge on any atom is 0.270 e. The van der Waals surface area contributed by atoms with Crippen LogP contribution in [0.5, 0.6) is 0 Å². The Labute approximate surface area is 158 Å². The van der Waals surface area contributed by atoms with E-state index < -0.39 is 0 Å². The molecule has 1 aliphatic rings. The van der Waals surface area contributed by atoms with E-state index in [0.717, 1.165) is 5.56 Å². The average molecular weight is 401 g/mol. The molecule has 116 valence electrons. The average Bonchev–Trinajstić information content (AvgIpc) is 2.77. The molecule has 1 saturated heterocycles. The van der Waals surface area contributed by atoms with Gasteiger partial charge in [-0.1, -0.05) is 77.0 Å². The van der Waals surface area contributed by atoms with Crippen molar-refractivity contribution < 1.29 is 4.79 Å². The van der Waals surface area contributed by atoms with Crippen molar-refractivity contribution in [3.63, 3.8) is 0 Å². The standard InChI is InChI=1S/C16H8Cl3NOS2/c17-10-5-6-13(12(19)8-10)20-15(21)14(23-16(20)22)7-9-3-1-2-4-11(9)18/h1-8H/b14-7-. The monoisotopic (exact) mass is 399 g/mol. The molecule has 7 heteroatoms. The third-order valence-electron chi connectivity index (χ3n) is 3.14. The van der Waals surface area contributed by atoms with Crippen LogP contribution >= 0.6 is 58.8 Å². The summed E-state index contributed by atoms with van der Waals surface area (Å²) in [5.74, 6) is -0.232. The zero-order valence-electron chi connectivity index (χ0n) is 11.4. The fourth-order valence-corrected chi connectivity index (χ4v) is 4.03. The zero-order chi connectivity index (χ0) is 16.6. The molecular formula is C16H8Cl3NOS2. The molecule has 0 radical (unpaired) electrons. The van der Waals surface area contributed by atoms with Crippen molar-refractivity contribution >= 4 is 80.8 Å². The first kappa shape index (κ1) is 16.8. The quantitative estimate of drug-likeness (QED) is 0.452. The van der Waals surface area contributed by atoms with Crippen LogP contribution in [-0.4, -0.2) is 10.2 Å². The Bertz CT molecular complexity index is 851. The van der Waals surface area contributed by atoms with Crippen LogP contribution in [0.25, 0.3) is 6.08 Å². The summed E-state index contributed by atoms with van der Waals surface area (Å²) in [6.45, 7) is 0. The van der Waals surface area contributed by atoms with Gasteiger partial charge in [-0.15, -0.1) is 0 Å². The van der Waals surface area contributed by atoms with Gasteiger partial charge in [-0.05, 0) is 35.9 Å². The molecule has 1 aliphatic heterocycles. The number of carbonyl (C=O) groups excluding carboxylic acids is 1. The van der Waals surface area contributed by atoms with E-state index in [1.54, 1.807) is 30.3 Å². The summed E-state index contributed by atoms with van der Waals surface area (Å²) in [5.41, 5.74) is 1.28. The SMILES string of the molecule is O=C1/C(=C/c2ccccc2Cl)SC(=S)N1c1ccc(Cl)cc1Cl. The third kappa shape index (κ3) is 3.42. The van der Waals surface area contributed by atoms with E-state index in [-0.39, 0.29) is 5.91 Å². The number of carbonyl (C=O) groups is 1. The number of nitrogens with zero attached hydrogens (tertiary/aromatic N) is 1. The van der Waals surface area contributed by atoms with Gasteiger partial charge in [0.1, 0.15) is 0 Å². The van der Waals surface area contributed by atoms with Crippen molar-refractivity contribution in [3.8, 4) is 0 Å². The second-order valence-electron chi connectivity index (χ2n) is 4.63. The lowest BCUT2D eigenvalue weighted by Crippen LogP contribution is -2.27. The number of benzene rings is 2. The Balaban J connectivity index is 1.99. The predicted octanol–water partition coefficient (Wildman–Crippen LogP) is 6.05. The van der Waals surface area contributed by atoms with Crippen LogP contribution in [0.2, 0.25) is 15.1 Å². The van der Waals surface area contributed by atoms with Crippen molar-refractivity contribution in [3.05, 3.63) is 68.0 Å². The van der Waals surface area contributed by atoms with E-state index in [1.807, 2.05) is 18.2 Å². The van der Waals surface area contributed by atoms with Crippen LogP contribution in [0, 0.1) is 0 Å². The summed E-state index contributed by atoms with van der Waals surface area (Å²) in [4.78, 5) is 14.6. The molecule has 0 N–H and O–H groups in total. The minimum atomic E-state index is -0.232. The molecule has 0 aromatic heterocycles. The normalized spacial score (nSPS) is 16.5. The third-order valence-corrected chi connectivity index (χ3v) is 5.32. The predicted molar refractivity (Wildman–Crippen MR) is 104 cm³/mol. The van der Waals surface area contributed by atoms with E-state index >= 15 is 0 Å². The molecule has 0 saturated carbocycles. The second-order valence-corrected chi connectivity index (χ2v) is 7.56. The summed E-state index contributed by atoms with van der Waals surface area (Å²) in [6.07, 6.45) is 1.73. The maximum atomic E-state index is 12.7. The van der Waals surface area contributed by atoms with Gasteiger partial charge in [-0.3, -0.25) is 9.69 Å². The molecule has 1 amide bonds. The minimum absolute atomic E-state index is 0.232. The number of rotatable bonds is 2. The molecule has 23 heavy (non-hydrogen) atoms. The van der Waals surface area contributed by atoms with Gasteiger partial charge in [0.15, 0.2) is 4.32 Å². The smallest absolute Gasteiger partial charge is 0.268 e. The molecule has 0 aliphatic carbocycles. The fourth-order valence-electron chi connectivity index (χ4n) is 2.07. The van der Waals surface area contributed by atoms with Crippen LogP contribution in [-0.2, 0) is 4.79 Å². The highest BCUT2D eigenvalue weighted by atomic mass is 35.5. The molecule has 0 unspecified atom stereocenters. The van der Waals surface area contributed by atoms with Gasteiger partial charge in [0, 0.05) is 10.0 Å². The van der Waals surface area contributed by atoms with Crippen LogP contribution in [0.15, 0.2) is 47.4 Å². The van der Waals surface area contributed by atoms with Gasteiger partial charge in [0.2, 0.25) is 0 Å². The summed E-state index contributed by atoms with van der Waals surface area (Å²) >= 11 is 24.8. The Morgan fingerprint density at radius 3 is 2.48 bits per heavy atom. The van der Waals surface area contributed by atoms with Crippen LogP contribution < -0.4 is 4.90 Å². The molecule has 2 aromatic carbocycles. The Kier molecular flexibility index (Phi) is 4.99. The number of amides is 1. The first-order chi connectivity index (χ1) is 11.0. The Morgan fingerprint density at radius 1 is 1.04 bits per heavy atom. The molecule has 0 bridgehead atoms. The van der Waals surface area contributed by atoms with Crippen LogP contribution in [0.3, 0.4) is 0 Å². The van der Waals surface area contributed by atoms with E-state index in [1.165, 1.54) is 16.7 Å². The van der Waals surface area contributed by atoms with E-state index in [9.17, 15) is 4.79 Å². The molecule has 3 rings (SSSR count). The highest BCUT2D eigenvalue weighted by Crippen LogP contribution is 2.40. The summed E-state index contributed by atoms with van der Waals surface area (Å²) in [5, 5.41) is 1.44. The van der Waals surface area contributed by atoms with E-state index in [4.69, 9.17) is 47.0 Å². The number of thiocarbonyl (C=S) groups is 1. The number of anilines is 1. The molecule has 1 heterocycles. The number of thioether (sulfide) groups is 1. The van der Waals surface area contributed by atoms with Crippen molar-refractivity contribution in [2.45, 2.75) is 0 Å². The van der Waals surface area contributed by atoms with E-state index in [2.05, 4.69) is 0 Å². The minimum Gasteiger partial charge on any atom is -0.268 e. The van der Waals surface area contributed by atoms with E-state index in [0.29, 0.717) is 30.0 Å². The molecule has 0 spiro atoms. The number of halogens is 3. The molecule has 0 atom stereocenters. The molecule has 1 fully saturated rings. The summed E-state index contributed by atoms with van der Waals surface area (Å²) in [7, 11) is 0. The van der Waals surface area contributed by atoms with Gasteiger partial charge >= 0.3 is 0 Å². The Hall–Kier alpha value is -1.04. The lowest BCUT2D eigenvalue weighted by molar-refractivity contribution is -0.113. The second kappa shape index (κ2) is 6.83. The summed E-state index contributed by atoms with van der Waals surface area (Å²) in [6, 6.07) is 12.2. The lowest BCUT2D eigenvalue weighted by atomic mass is 10.2. The zero-order valence-corrected chi connectivity index (χ0v) is 15.3. The van der Waals surface area contributed by atoms with Gasteiger partial charge < -0.3 is 0 Å². The number of hydrogen-bond donors (Lipinski definition) is 0. The summed E-state index contributed by atoms with van der Waals surface area (Å²) < 4.78 is 0.414. The van der Waals surface area contributed by atoms with Crippen molar-refractivity contribution in [2.75, 3.05) is 4.90 Å². The van der Waals surface area contributed by atoms with Crippen LogP contribution in [0.1, 0.15) is 5.56 Å². The van der Waals surface area contributed by atoms with Crippen molar-refractivity contribution in [1.82, 2.24) is 0 Å². The van der Waals surface area contributed by atoms with Gasteiger partial charge in [-0.2, -0.15) is 0 Å². The molecular weight excluding hydrogens is 393 g/mol. The van der Waals surface area contributed by atoms with Gasteiger partial charge in [-0.25, -0.2) is 0 Å². The Morgan fingerprint density at radius 2 is 1.78 bits per heavy atom. The largest absolute Gasteiger partial charge is 0.270 e. The van der Waals surface area contributed by atoms with Crippen LogP contribution in [0.4, 0.5) is 5.69 Å². The molecule has 2 aromatic rings.